The molecule has 0 aliphatic carbocycles. The van der Waals surface area contributed by atoms with E-state index in [0.717, 1.165) is 0 Å². The van der Waals surface area contributed by atoms with Crippen LogP contribution in [0.2, 0.25) is 5.02 Å². The molecule has 0 aliphatic rings. The number of benzene rings is 2. The summed E-state index contributed by atoms with van der Waals surface area (Å²) in [6, 6.07) is 5.88. The van der Waals surface area contributed by atoms with Gasteiger partial charge < -0.3 is 34.8 Å². The smallest absolute Gasteiger partial charge is 0.340 e. The number of carbonyl (C=O) groups excluding carboxylic acids is 2. The van der Waals surface area contributed by atoms with Crippen molar-refractivity contribution in [2.24, 2.45) is 0 Å². The lowest BCUT2D eigenvalue weighted by atomic mass is 10.0. The summed E-state index contributed by atoms with van der Waals surface area (Å²) < 4.78 is 5.20. The molecule has 1 amide bonds. The topological polar surface area (TPSA) is 156 Å². The Bertz CT molecular complexity index is 1470. The number of aromatic amines is 1. The SMILES string of the molecule is Cc1c(CC(=O)N[C@@H](Cc2c[nH]c3ccc(O)cc23)C(=O)[O-])c(=O)oc2cc(O)c(Cl)cc12. The Morgan fingerprint density at radius 1 is 1.21 bits per heavy atom. The standard InChI is InChI=1S/C23H19ClN2O7/c1-10-13-6-16(24)19(28)8-20(13)33-23(32)14(10)7-21(29)26-18(22(30)31)4-11-9-25-17-3-2-12(27)5-15(11)17/h2-3,5-6,8-9,18,25,27-28H,4,7H2,1H3,(H,26,29)(H,30,31)/p-1/t18-/m0/s1. The van der Waals surface area contributed by atoms with Crippen LogP contribution >= 0.6 is 11.6 Å². The fourth-order valence-electron chi connectivity index (χ4n) is 3.76. The summed E-state index contributed by atoms with van der Waals surface area (Å²) in [5, 5.41) is 34.6. The van der Waals surface area contributed by atoms with Gasteiger partial charge >= 0.3 is 5.63 Å². The van der Waals surface area contributed by atoms with Gasteiger partial charge in [-0.3, -0.25) is 4.79 Å². The number of phenols is 2. The summed E-state index contributed by atoms with van der Waals surface area (Å²) >= 11 is 5.94. The minimum Gasteiger partial charge on any atom is -0.548 e. The highest BCUT2D eigenvalue weighted by molar-refractivity contribution is 6.32. The number of aliphatic carboxylic acids is 1. The zero-order valence-corrected chi connectivity index (χ0v) is 18.0. The van der Waals surface area contributed by atoms with E-state index in [9.17, 15) is 29.7 Å². The monoisotopic (exact) mass is 469 g/mol. The van der Waals surface area contributed by atoms with Crippen molar-refractivity contribution in [3.8, 4) is 11.5 Å². The maximum Gasteiger partial charge on any atom is 0.340 e. The Kier molecular flexibility index (Phi) is 5.73. The molecular weight excluding hydrogens is 452 g/mol. The average Bonchev–Trinajstić information content (AvgIpc) is 3.14. The summed E-state index contributed by atoms with van der Waals surface area (Å²) in [6.07, 6.45) is 1.06. The Hall–Kier alpha value is -3.98. The predicted octanol–water partition coefficient (Wildman–Crippen LogP) is 1.67. The number of aromatic nitrogens is 1. The molecule has 0 unspecified atom stereocenters. The second-order valence-electron chi connectivity index (χ2n) is 7.66. The molecule has 4 rings (SSSR count). The molecule has 4 N–H and O–H groups in total. The summed E-state index contributed by atoms with van der Waals surface area (Å²) in [5.41, 5.74) is 1.05. The molecule has 0 aliphatic heterocycles. The van der Waals surface area contributed by atoms with Gasteiger partial charge in [-0.1, -0.05) is 11.6 Å². The first kappa shape index (κ1) is 22.2. The highest BCUT2D eigenvalue weighted by atomic mass is 35.5. The average molecular weight is 470 g/mol. The summed E-state index contributed by atoms with van der Waals surface area (Å²) in [7, 11) is 0. The van der Waals surface area contributed by atoms with Gasteiger partial charge in [-0.05, 0) is 42.3 Å². The van der Waals surface area contributed by atoms with Gasteiger partial charge in [0.05, 0.1) is 29.0 Å². The maximum atomic E-state index is 12.6. The van der Waals surface area contributed by atoms with E-state index in [2.05, 4.69) is 10.3 Å². The van der Waals surface area contributed by atoms with Gasteiger partial charge in [0.15, 0.2) is 0 Å². The zero-order valence-electron chi connectivity index (χ0n) is 17.3. The zero-order chi connectivity index (χ0) is 23.9. The Morgan fingerprint density at radius 2 is 1.97 bits per heavy atom. The molecule has 0 saturated carbocycles. The van der Waals surface area contributed by atoms with Crippen LogP contribution in [-0.2, 0) is 22.4 Å². The number of hydrogen-bond acceptors (Lipinski definition) is 7. The molecule has 4 aromatic rings. The molecule has 0 radical (unpaired) electrons. The van der Waals surface area contributed by atoms with Crippen molar-refractivity contribution < 1.29 is 29.3 Å². The van der Waals surface area contributed by atoms with Crippen molar-refractivity contribution in [3.63, 3.8) is 0 Å². The van der Waals surface area contributed by atoms with Crippen LogP contribution in [0.1, 0.15) is 16.7 Å². The molecule has 0 fully saturated rings. The Labute approximate surface area is 191 Å². The van der Waals surface area contributed by atoms with E-state index in [1.54, 1.807) is 19.2 Å². The first-order chi connectivity index (χ1) is 15.6. The normalized spacial score (nSPS) is 12.2. The molecule has 10 heteroatoms. The third-order valence-corrected chi connectivity index (χ3v) is 5.79. The lowest BCUT2D eigenvalue weighted by Gasteiger charge is -2.20. The van der Waals surface area contributed by atoms with Gasteiger partial charge in [-0.25, -0.2) is 4.79 Å². The number of hydrogen-bond donors (Lipinski definition) is 4. The number of carboxylic acid groups (broad SMARTS) is 1. The number of fused-ring (bicyclic) bond motifs is 2. The Morgan fingerprint density at radius 3 is 2.70 bits per heavy atom. The number of aryl methyl sites for hydroxylation is 1. The molecular formula is C23H18ClN2O7-. The van der Waals surface area contributed by atoms with E-state index in [4.69, 9.17) is 16.0 Å². The number of halogens is 1. The van der Waals surface area contributed by atoms with Crippen molar-refractivity contribution in [2.75, 3.05) is 0 Å². The van der Waals surface area contributed by atoms with Gasteiger partial charge in [0, 0.05) is 35.0 Å². The number of phenolic OH excluding ortho intramolecular Hbond substituents is 2. The summed E-state index contributed by atoms with van der Waals surface area (Å²) in [4.78, 5) is 39.7. The molecule has 33 heavy (non-hydrogen) atoms. The van der Waals surface area contributed by atoms with Gasteiger partial charge in [0.2, 0.25) is 5.91 Å². The molecule has 1 atom stereocenters. The van der Waals surface area contributed by atoms with Gasteiger partial charge in [0.25, 0.3) is 0 Å². The van der Waals surface area contributed by atoms with Crippen LogP contribution in [0.25, 0.3) is 21.9 Å². The molecule has 2 heterocycles. The van der Waals surface area contributed by atoms with Crippen LogP contribution in [-0.4, -0.2) is 33.1 Å². The van der Waals surface area contributed by atoms with Gasteiger partial charge in [-0.15, -0.1) is 0 Å². The minimum absolute atomic E-state index is 0.0179. The number of H-pyrrole nitrogens is 1. The number of rotatable bonds is 6. The maximum absolute atomic E-state index is 12.6. The third-order valence-electron chi connectivity index (χ3n) is 5.49. The van der Waals surface area contributed by atoms with Crippen molar-refractivity contribution in [1.29, 1.82) is 0 Å². The number of amides is 1. The van der Waals surface area contributed by atoms with Crippen molar-refractivity contribution in [2.45, 2.75) is 25.8 Å². The lowest BCUT2D eigenvalue weighted by molar-refractivity contribution is -0.308. The van der Waals surface area contributed by atoms with Gasteiger partial charge in [0.1, 0.15) is 17.1 Å². The minimum atomic E-state index is -1.50. The van der Waals surface area contributed by atoms with E-state index < -0.39 is 30.0 Å². The molecule has 0 saturated heterocycles. The van der Waals surface area contributed by atoms with E-state index >= 15 is 0 Å². The predicted molar refractivity (Wildman–Crippen MR) is 118 cm³/mol. The van der Waals surface area contributed by atoms with E-state index in [-0.39, 0.29) is 34.1 Å². The Balaban J connectivity index is 1.58. The summed E-state index contributed by atoms with van der Waals surface area (Å²) in [5.74, 6) is -2.45. The molecule has 9 nitrogen and oxygen atoms in total. The molecule has 2 aromatic carbocycles. The lowest BCUT2D eigenvalue weighted by Crippen LogP contribution is -2.49. The molecule has 170 valence electrons. The molecule has 2 aromatic heterocycles. The first-order valence-electron chi connectivity index (χ1n) is 9.88. The number of carbonyl (C=O) groups is 2. The van der Waals surface area contributed by atoms with Crippen LogP contribution in [0.3, 0.4) is 0 Å². The fourth-order valence-corrected chi connectivity index (χ4v) is 3.92. The van der Waals surface area contributed by atoms with Crippen LogP contribution in [0.4, 0.5) is 0 Å². The number of nitrogens with one attached hydrogen (secondary N) is 2. The van der Waals surface area contributed by atoms with Crippen molar-refractivity contribution in [1.82, 2.24) is 10.3 Å². The highest BCUT2D eigenvalue weighted by Gasteiger charge is 2.20. The van der Waals surface area contributed by atoms with E-state index in [1.807, 2.05) is 0 Å². The quantitative estimate of drug-likeness (QED) is 0.313. The number of carboxylic acids is 1. The van der Waals surface area contributed by atoms with E-state index in [0.29, 0.717) is 27.4 Å². The first-order valence-corrected chi connectivity index (χ1v) is 10.3. The van der Waals surface area contributed by atoms with Crippen molar-refractivity contribution >= 4 is 45.3 Å². The highest BCUT2D eigenvalue weighted by Crippen LogP contribution is 2.31. The fraction of sp³-hybridized carbons (Fsp3) is 0.174. The molecule has 0 bridgehead atoms. The summed E-state index contributed by atoms with van der Waals surface area (Å²) in [6.45, 7) is 1.60. The van der Waals surface area contributed by atoms with Crippen LogP contribution in [0, 0.1) is 6.92 Å². The second kappa shape index (κ2) is 8.51. The number of aromatic hydroxyl groups is 2. The van der Waals surface area contributed by atoms with Crippen molar-refractivity contribution in [3.05, 3.63) is 68.7 Å². The van der Waals surface area contributed by atoms with Crippen LogP contribution < -0.4 is 16.0 Å². The van der Waals surface area contributed by atoms with Gasteiger partial charge in [-0.2, -0.15) is 0 Å². The largest absolute Gasteiger partial charge is 0.548 e. The van der Waals surface area contributed by atoms with E-state index in [1.165, 1.54) is 24.3 Å². The second-order valence-corrected chi connectivity index (χ2v) is 8.06. The third kappa shape index (κ3) is 4.35. The molecule has 0 spiro atoms. The van der Waals surface area contributed by atoms with Crippen LogP contribution in [0.5, 0.6) is 11.5 Å². The van der Waals surface area contributed by atoms with Crippen LogP contribution in [0.15, 0.2) is 45.7 Å².